The number of thiol groups is 1. The van der Waals surface area contributed by atoms with Crippen LogP contribution in [0.2, 0.25) is 0 Å². The summed E-state index contributed by atoms with van der Waals surface area (Å²) >= 11 is 4.15. The van der Waals surface area contributed by atoms with Crippen molar-refractivity contribution in [1.82, 2.24) is 40.3 Å². The third-order valence-electron chi connectivity index (χ3n) is 8.32. The zero-order valence-electron chi connectivity index (χ0n) is 29.1. The van der Waals surface area contributed by atoms with Gasteiger partial charge in [0.15, 0.2) is 6.35 Å². The van der Waals surface area contributed by atoms with E-state index in [1.165, 1.54) is 14.7 Å². The highest BCUT2D eigenvalue weighted by Crippen LogP contribution is 2.19. The number of aliphatic hydroxyl groups excluding tert-OH is 1. The van der Waals surface area contributed by atoms with Crippen molar-refractivity contribution < 1.29 is 24.3 Å². The van der Waals surface area contributed by atoms with Crippen molar-refractivity contribution in [3.63, 3.8) is 0 Å². The predicted molar refractivity (Wildman–Crippen MR) is 200 cm³/mol. The van der Waals surface area contributed by atoms with Gasteiger partial charge in [0.05, 0.1) is 19.1 Å². The number of nitrogens with two attached hydrogens (primary N) is 2. The van der Waals surface area contributed by atoms with E-state index in [0.717, 1.165) is 16.5 Å². The number of aromatic nitrogens is 3. The lowest BCUT2D eigenvalue weighted by molar-refractivity contribution is -0.146. The fraction of sp³-hybridized carbons (Fsp3) is 0.389. The molecular formula is C36H48N10O5S. The molecule has 0 aliphatic heterocycles. The first kappa shape index (κ1) is 39.9. The van der Waals surface area contributed by atoms with Gasteiger partial charge in [-0.15, -0.1) is 0 Å². The molecule has 4 aromatic rings. The monoisotopic (exact) mass is 732 g/mol. The summed E-state index contributed by atoms with van der Waals surface area (Å²) in [6.45, 7) is 0.0709. The fourth-order valence-electron chi connectivity index (χ4n) is 5.63. The van der Waals surface area contributed by atoms with E-state index >= 15 is 0 Å². The minimum Gasteiger partial charge on any atom is -0.366 e. The van der Waals surface area contributed by atoms with E-state index in [2.05, 4.69) is 38.2 Å². The third kappa shape index (κ3) is 12.7. The van der Waals surface area contributed by atoms with Crippen molar-refractivity contribution in [2.24, 2.45) is 11.5 Å². The van der Waals surface area contributed by atoms with Crippen molar-refractivity contribution in [2.45, 2.75) is 44.7 Å². The molecule has 0 aliphatic rings. The normalized spacial score (nSPS) is 12.2. The maximum atomic E-state index is 14.3. The van der Waals surface area contributed by atoms with Crippen LogP contribution in [0.15, 0.2) is 79.5 Å². The SMILES string of the molecule is NC(O)NCCCC(N)C(=O)N(CC(=O)N(CCc1c[nH]c2ccccc12)CC(=O)N(CC(=O)NCCS)Cc1cccnc1)Cc1cccnc1. The quantitative estimate of drug-likeness (QED) is 0.0355. The van der Waals surface area contributed by atoms with Gasteiger partial charge < -0.3 is 35.8 Å². The van der Waals surface area contributed by atoms with Crippen LogP contribution in [0.5, 0.6) is 0 Å². The Hall–Kier alpha value is -4.87. The molecule has 0 saturated carbocycles. The Kier molecular flexibility index (Phi) is 16.0. The second-order valence-corrected chi connectivity index (χ2v) is 12.8. The summed E-state index contributed by atoms with van der Waals surface area (Å²) < 4.78 is 0. The molecule has 278 valence electrons. The second kappa shape index (κ2) is 20.8. The largest absolute Gasteiger partial charge is 0.366 e. The number of pyridine rings is 2. The number of H-pyrrole nitrogens is 1. The highest BCUT2D eigenvalue weighted by atomic mass is 32.1. The first-order valence-electron chi connectivity index (χ1n) is 17.1. The number of carbonyl (C=O) groups excluding carboxylic acids is 4. The summed E-state index contributed by atoms with van der Waals surface area (Å²) in [6.07, 6.45) is 8.29. The maximum absolute atomic E-state index is 14.3. The Morgan fingerprint density at radius 3 is 2.15 bits per heavy atom. The minimum absolute atomic E-state index is 0.0640. The average molecular weight is 733 g/mol. The van der Waals surface area contributed by atoms with Gasteiger partial charge in [-0.2, -0.15) is 12.6 Å². The number of carbonyl (C=O) groups is 4. The molecule has 3 heterocycles. The maximum Gasteiger partial charge on any atom is 0.242 e. The van der Waals surface area contributed by atoms with Gasteiger partial charge in [-0.1, -0.05) is 30.3 Å². The molecule has 0 aliphatic carbocycles. The third-order valence-corrected chi connectivity index (χ3v) is 8.54. The molecule has 4 rings (SSSR count). The topological polar surface area (TPSA) is 216 Å². The molecule has 3 aromatic heterocycles. The Morgan fingerprint density at radius 1 is 0.846 bits per heavy atom. The summed E-state index contributed by atoms with van der Waals surface area (Å²) in [4.78, 5) is 70.5. The van der Waals surface area contributed by atoms with Crippen molar-refractivity contribution >= 4 is 47.2 Å². The Balaban J connectivity index is 1.58. The number of aromatic amines is 1. The van der Waals surface area contributed by atoms with Crippen LogP contribution in [0.3, 0.4) is 0 Å². The van der Waals surface area contributed by atoms with Crippen molar-refractivity contribution in [3.05, 3.63) is 96.2 Å². The number of para-hydroxylation sites is 1. The number of hydrogen-bond donors (Lipinski definition) is 7. The molecule has 0 radical (unpaired) electrons. The number of nitrogens with one attached hydrogen (secondary N) is 3. The summed E-state index contributed by atoms with van der Waals surface area (Å²) in [5.41, 5.74) is 15.0. The standard InChI is InChI=1S/C36H48N10O5S/c37-30(9-5-14-42-36(38)51)35(50)46(22-27-7-4-13-40-19-27)25-33(48)44(16-11-28-20-43-31-10-2-1-8-29(28)31)24-34(49)45(23-32(47)41-15-17-52)21-26-6-3-12-39-18-26/h1-4,6-8,10,12-13,18-20,30,36,42-43,51-52H,5,9,11,14-17,21-25,37-38H2,(H,41,47). The second-order valence-electron chi connectivity index (χ2n) is 12.3. The van der Waals surface area contributed by atoms with Gasteiger partial charge in [0.25, 0.3) is 0 Å². The number of benzene rings is 1. The van der Waals surface area contributed by atoms with Crippen LogP contribution in [-0.2, 0) is 38.7 Å². The number of amides is 4. The van der Waals surface area contributed by atoms with Crippen LogP contribution in [-0.4, -0.2) is 116 Å². The smallest absolute Gasteiger partial charge is 0.242 e. The van der Waals surface area contributed by atoms with E-state index in [4.69, 9.17) is 11.5 Å². The Morgan fingerprint density at radius 2 is 1.50 bits per heavy atom. The Labute approximate surface area is 308 Å². The number of nitrogens with zero attached hydrogens (tertiary/aromatic N) is 5. The van der Waals surface area contributed by atoms with Gasteiger partial charge in [-0.3, -0.25) is 40.2 Å². The summed E-state index contributed by atoms with van der Waals surface area (Å²) in [5, 5.41) is 15.7. The molecule has 4 amide bonds. The summed E-state index contributed by atoms with van der Waals surface area (Å²) in [5.74, 6) is -1.29. The highest BCUT2D eigenvalue weighted by molar-refractivity contribution is 7.80. The molecule has 52 heavy (non-hydrogen) atoms. The van der Waals surface area contributed by atoms with Crippen LogP contribution in [0.4, 0.5) is 0 Å². The van der Waals surface area contributed by atoms with Gasteiger partial charge in [0, 0.05) is 73.8 Å². The molecule has 16 heteroatoms. The number of aliphatic hydroxyl groups is 1. The van der Waals surface area contributed by atoms with Gasteiger partial charge in [0.1, 0.15) is 6.54 Å². The molecule has 0 fully saturated rings. The summed E-state index contributed by atoms with van der Waals surface area (Å²) in [7, 11) is 0. The van der Waals surface area contributed by atoms with E-state index < -0.39 is 30.1 Å². The lowest BCUT2D eigenvalue weighted by atomic mass is 10.1. The van der Waals surface area contributed by atoms with Gasteiger partial charge in [-0.25, -0.2) is 0 Å². The molecular weight excluding hydrogens is 685 g/mol. The van der Waals surface area contributed by atoms with Crippen LogP contribution < -0.4 is 22.1 Å². The molecule has 15 nitrogen and oxygen atoms in total. The first-order valence-corrected chi connectivity index (χ1v) is 17.7. The predicted octanol–water partition coefficient (Wildman–Crippen LogP) is 0.364. The highest BCUT2D eigenvalue weighted by Gasteiger charge is 2.28. The van der Waals surface area contributed by atoms with Crippen LogP contribution in [0.25, 0.3) is 10.9 Å². The molecule has 0 spiro atoms. The van der Waals surface area contributed by atoms with E-state index in [1.807, 2.05) is 30.5 Å². The summed E-state index contributed by atoms with van der Waals surface area (Å²) in [6, 6.07) is 13.9. The van der Waals surface area contributed by atoms with Crippen LogP contribution in [0.1, 0.15) is 29.5 Å². The van der Waals surface area contributed by atoms with E-state index in [0.29, 0.717) is 42.8 Å². The molecule has 2 atom stereocenters. The van der Waals surface area contributed by atoms with Gasteiger partial charge in [0.2, 0.25) is 23.6 Å². The lowest BCUT2D eigenvalue weighted by Crippen LogP contribution is -2.51. The van der Waals surface area contributed by atoms with Gasteiger partial charge in [-0.05, 0) is 60.7 Å². The van der Waals surface area contributed by atoms with E-state index in [-0.39, 0.29) is 51.6 Å². The van der Waals surface area contributed by atoms with Crippen molar-refractivity contribution in [3.8, 4) is 0 Å². The first-order chi connectivity index (χ1) is 25.1. The van der Waals surface area contributed by atoms with Crippen LogP contribution >= 0.6 is 12.6 Å². The zero-order valence-corrected chi connectivity index (χ0v) is 30.0. The van der Waals surface area contributed by atoms with E-state index in [9.17, 15) is 24.3 Å². The number of hydrogen-bond acceptors (Lipinski definition) is 11. The lowest BCUT2D eigenvalue weighted by Gasteiger charge is -2.31. The Bertz CT molecular complexity index is 1730. The molecule has 1 aromatic carbocycles. The van der Waals surface area contributed by atoms with Crippen molar-refractivity contribution in [1.29, 1.82) is 0 Å². The van der Waals surface area contributed by atoms with E-state index in [1.54, 1.807) is 49.1 Å². The molecule has 0 saturated heterocycles. The number of rotatable bonds is 21. The average Bonchev–Trinajstić information content (AvgIpc) is 3.56. The van der Waals surface area contributed by atoms with Crippen molar-refractivity contribution in [2.75, 3.05) is 45.0 Å². The number of fused-ring (bicyclic) bond motifs is 1. The molecule has 2 unspecified atom stereocenters. The fourth-order valence-corrected chi connectivity index (χ4v) is 5.75. The zero-order chi connectivity index (χ0) is 37.3. The van der Waals surface area contributed by atoms with Crippen LogP contribution in [0, 0.1) is 0 Å². The molecule has 8 N–H and O–H groups in total. The minimum atomic E-state index is -1.19. The molecule has 0 bridgehead atoms. The van der Waals surface area contributed by atoms with Gasteiger partial charge >= 0.3 is 0 Å².